The van der Waals surface area contributed by atoms with E-state index in [2.05, 4.69) is 10.6 Å². The highest BCUT2D eigenvalue weighted by Crippen LogP contribution is 1.96. The van der Waals surface area contributed by atoms with Crippen LogP contribution in [-0.2, 0) is 9.53 Å². The molecule has 2 N–H and O–H groups in total. The van der Waals surface area contributed by atoms with Crippen molar-refractivity contribution in [3.05, 3.63) is 0 Å². The number of hydrogen-bond donors (Lipinski definition) is 2. The average Bonchev–Trinajstić information content (AvgIpc) is 2.06. The molecule has 1 saturated heterocycles. The van der Waals surface area contributed by atoms with Gasteiger partial charge in [0.1, 0.15) is 0 Å². The second kappa shape index (κ2) is 9.52. The Kier molecular flexibility index (Phi) is 11.2. The molecule has 0 bridgehead atoms. The van der Waals surface area contributed by atoms with E-state index in [1.807, 2.05) is 6.92 Å². The molecule has 1 heterocycles. The molecular weight excluding hydrogens is 227 g/mol. The molecule has 4 nitrogen and oxygen atoms in total. The van der Waals surface area contributed by atoms with Gasteiger partial charge in [0.2, 0.25) is 0 Å². The Morgan fingerprint density at radius 3 is 2.64 bits per heavy atom. The Morgan fingerprint density at radius 2 is 2.14 bits per heavy atom. The van der Waals surface area contributed by atoms with Gasteiger partial charge in [-0.05, 0) is 6.92 Å². The maximum atomic E-state index is 11.0. The predicted molar refractivity (Wildman–Crippen MR) is 60.4 cm³/mol. The number of hydrogen-bond acceptors (Lipinski definition) is 4. The summed E-state index contributed by atoms with van der Waals surface area (Å²) in [6, 6.07) is 0.248. The normalized spacial score (nSPS) is 20.2. The number of esters is 1. The van der Waals surface area contributed by atoms with E-state index < -0.39 is 0 Å². The van der Waals surface area contributed by atoms with E-state index in [1.165, 1.54) is 0 Å². The third-order valence-electron chi connectivity index (χ3n) is 1.84. The molecule has 0 spiro atoms. The van der Waals surface area contributed by atoms with Gasteiger partial charge in [-0.1, -0.05) is 0 Å². The average molecular weight is 245 g/mol. The van der Waals surface area contributed by atoms with Crippen molar-refractivity contribution in [1.82, 2.24) is 10.6 Å². The molecule has 0 amide bonds. The molecule has 0 unspecified atom stereocenters. The van der Waals surface area contributed by atoms with Crippen LogP contribution in [0.4, 0.5) is 0 Å². The quantitative estimate of drug-likeness (QED) is 0.704. The van der Waals surface area contributed by atoms with Gasteiger partial charge in [-0.2, -0.15) is 0 Å². The summed E-state index contributed by atoms with van der Waals surface area (Å²) < 4.78 is 4.84. The smallest absolute Gasteiger partial charge is 0.307 e. The number of carbonyl (C=O) groups excluding carboxylic acids is 1. The lowest BCUT2D eigenvalue weighted by Crippen LogP contribution is -2.49. The summed E-state index contributed by atoms with van der Waals surface area (Å²) in [5.41, 5.74) is 0. The van der Waals surface area contributed by atoms with Crippen LogP contribution in [0.3, 0.4) is 0 Å². The van der Waals surface area contributed by atoms with Crippen LogP contribution in [-0.4, -0.2) is 38.3 Å². The van der Waals surface area contributed by atoms with Crippen LogP contribution < -0.4 is 10.6 Å². The van der Waals surface area contributed by atoms with E-state index in [0.29, 0.717) is 13.0 Å². The largest absolute Gasteiger partial charge is 0.466 e. The lowest BCUT2D eigenvalue weighted by Gasteiger charge is -2.23. The number of nitrogens with one attached hydrogen (secondary N) is 2. The fraction of sp³-hybridized carbons (Fsp3) is 0.875. The van der Waals surface area contributed by atoms with Crippen LogP contribution in [0.25, 0.3) is 0 Å². The molecule has 1 aliphatic rings. The fourth-order valence-electron chi connectivity index (χ4n) is 1.28. The zero-order valence-electron chi connectivity index (χ0n) is 8.25. The molecule has 0 aliphatic carbocycles. The fourth-order valence-corrected chi connectivity index (χ4v) is 1.28. The molecule has 1 rings (SSSR count). The SMILES string of the molecule is CCOC(=O)C[C@@H]1CNCCN1.Cl.Cl. The number of rotatable bonds is 3. The number of carbonyl (C=O) groups is 1. The molecule has 0 aromatic heterocycles. The summed E-state index contributed by atoms with van der Waals surface area (Å²) in [7, 11) is 0. The highest BCUT2D eigenvalue weighted by Gasteiger charge is 2.15. The highest BCUT2D eigenvalue weighted by molar-refractivity contribution is 5.85. The molecule has 0 radical (unpaired) electrons. The van der Waals surface area contributed by atoms with E-state index in [0.717, 1.165) is 19.6 Å². The summed E-state index contributed by atoms with van der Waals surface area (Å²) in [5, 5.41) is 6.46. The van der Waals surface area contributed by atoms with Gasteiger partial charge < -0.3 is 15.4 Å². The number of piperazine rings is 1. The first-order chi connectivity index (χ1) is 5.83. The van der Waals surface area contributed by atoms with Gasteiger partial charge in [0.15, 0.2) is 0 Å². The van der Waals surface area contributed by atoms with Crippen LogP contribution in [0, 0.1) is 0 Å². The molecule has 1 atom stereocenters. The molecule has 1 fully saturated rings. The Morgan fingerprint density at radius 1 is 1.43 bits per heavy atom. The van der Waals surface area contributed by atoms with Crippen LogP contribution in [0.15, 0.2) is 0 Å². The Bertz CT molecular complexity index is 152. The van der Waals surface area contributed by atoms with E-state index in [1.54, 1.807) is 0 Å². The highest BCUT2D eigenvalue weighted by atomic mass is 35.5. The topological polar surface area (TPSA) is 50.4 Å². The minimum atomic E-state index is -0.112. The molecule has 6 heteroatoms. The molecule has 0 aromatic rings. The molecule has 0 aromatic carbocycles. The lowest BCUT2D eigenvalue weighted by atomic mass is 10.2. The van der Waals surface area contributed by atoms with E-state index in [9.17, 15) is 4.79 Å². The minimum Gasteiger partial charge on any atom is -0.466 e. The van der Waals surface area contributed by atoms with Crippen molar-refractivity contribution in [2.24, 2.45) is 0 Å². The molecule has 14 heavy (non-hydrogen) atoms. The van der Waals surface area contributed by atoms with Gasteiger partial charge in [0, 0.05) is 25.7 Å². The first-order valence-electron chi connectivity index (χ1n) is 4.42. The Hall–Kier alpha value is -0.0300. The third kappa shape index (κ3) is 6.43. The number of ether oxygens (including phenoxy) is 1. The van der Waals surface area contributed by atoms with Crippen molar-refractivity contribution >= 4 is 30.8 Å². The molecule has 0 saturated carbocycles. The van der Waals surface area contributed by atoms with Crippen molar-refractivity contribution in [3.63, 3.8) is 0 Å². The molecular formula is C8H18Cl2N2O2. The lowest BCUT2D eigenvalue weighted by molar-refractivity contribution is -0.143. The zero-order valence-corrected chi connectivity index (χ0v) is 9.88. The Balaban J connectivity index is 0. The summed E-state index contributed by atoms with van der Waals surface area (Å²) in [6.45, 7) is 5.08. The Labute approximate surface area is 97.0 Å². The van der Waals surface area contributed by atoms with Gasteiger partial charge in [0.25, 0.3) is 0 Å². The van der Waals surface area contributed by atoms with Gasteiger partial charge in [-0.15, -0.1) is 24.8 Å². The standard InChI is InChI=1S/C8H16N2O2.2ClH/c1-2-12-8(11)5-7-6-9-3-4-10-7;;/h7,9-10H,2-6H2,1H3;2*1H/t7-;;/m1../s1. The zero-order chi connectivity index (χ0) is 8.81. The van der Waals surface area contributed by atoms with Gasteiger partial charge in [-0.25, -0.2) is 0 Å². The third-order valence-corrected chi connectivity index (χ3v) is 1.84. The van der Waals surface area contributed by atoms with Crippen LogP contribution in [0.1, 0.15) is 13.3 Å². The van der Waals surface area contributed by atoms with E-state index in [4.69, 9.17) is 4.74 Å². The van der Waals surface area contributed by atoms with E-state index >= 15 is 0 Å². The van der Waals surface area contributed by atoms with Crippen LogP contribution >= 0.6 is 24.8 Å². The summed E-state index contributed by atoms with van der Waals surface area (Å²) in [6.07, 6.45) is 0.473. The number of halogens is 2. The molecule has 1 aliphatic heterocycles. The van der Waals surface area contributed by atoms with Crippen molar-refractivity contribution in [1.29, 1.82) is 0 Å². The first-order valence-corrected chi connectivity index (χ1v) is 4.42. The maximum absolute atomic E-state index is 11.0. The second-order valence-electron chi connectivity index (χ2n) is 2.86. The first kappa shape index (κ1) is 16.4. The van der Waals surface area contributed by atoms with Crippen LogP contribution in [0.5, 0.6) is 0 Å². The molecule has 86 valence electrons. The van der Waals surface area contributed by atoms with E-state index in [-0.39, 0.29) is 36.8 Å². The van der Waals surface area contributed by atoms with Crippen molar-refractivity contribution in [3.8, 4) is 0 Å². The maximum Gasteiger partial charge on any atom is 0.307 e. The summed E-state index contributed by atoms with van der Waals surface area (Å²) in [4.78, 5) is 11.0. The summed E-state index contributed by atoms with van der Waals surface area (Å²) >= 11 is 0. The van der Waals surface area contributed by atoms with Crippen LogP contribution in [0.2, 0.25) is 0 Å². The summed E-state index contributed by atoms with van der Waals surface area (Å²) in [5.74, 6) is -0.112. The van der Waals surface area contributed by atoms with Gasteiger partial charge >= 0.3 is 5.97 Å². The minimum absolute atomic E-state index is 0. The predicted octanol–water partition coefficient (Wildman–Crippen LogP) is 0.345. The monoisotopic (exact) mass is 244 g/mol. The second-order valence-corrected chi connectivity index (χ2v) is 2.86. The van der Waals surface area contributed by atoms with Crippen molar-refractivity contribution in [2.75, 3.05) is 26.2 Å². The van der Waals surface area contributed by atoms with Gasteiger partial charge in [0.05, 0.1) is 13.0 Å². The van der Waals surface area contributed by atoms with Crippen molar-refractivity contribution < 1.29 is 9.53 Å². The van der Waals surface area contributed by atoms with Gasteiger partial charge in [-0.3, -0.25) is 4.79 Å². The van der Waals surface area contributed by atoms with Crippen molar-refractivity contribution in [2.45, 2.75) is 19.4 Å².